The van der Waals surface area contributed by atoms with Crippen molar-refractivity contribution >= 4 is 9.84 Å². The summed E-state index contributed by atoms with van der Waals surface area (Å²) in [4.78, 5) is 4.99. The molecule has 0 amide bonds. The molecule has 11 heteroatoms. The Morgan fingerprint density at radius 3 is 2.12 bits per heavy atom. The van der Waals surface area contributed by atoms with Crippen LogP contribution in [0.15, 0.2) is 47.4 Å². The smallest absolute Gasteiger partial charge is 0.175 e. The van der Waals surface area contributed by atoms with E-state index in [9.17, 15) is 8.42 Å². The van der Waals surface area contributed by atoms with Gasteiger partial charge in [0.1, 0.15) is 0 Å². The molecule has 1 aromatic heterocycles. The highest BCUT2D eigenvalue weighted by Gasteiger charge is 2.20. The number of methoxy groups -OCH3 is 2. The Morgan fingerprint density at radius 2 is 1.52 bits per heavy atom. The van der Waals surface area contributed by atoms with Crippen LogP contribution in [0.25, 0.3) is 5.69 Å². The minimum atomic E-state index is -3.24. The van der Waals surface area contributed by atoms with Gasteiger partial charge in [0.15, 0.2) is 27.2 Å². The topological polar surface area (TPSA) is 103 Å². The van der Waals surface area contributed by atoms with Crippen LogP contribution in [0.2, 0.25) is 0 Å². The van der Waals surface area contributed by atoms with Crippen LogP contribution in [-0.2, 0) is 22.9 Å². The van der Waals surface area contributed by atoms with E-state index in [0.29, 0.717) is 6.54 Å². The molecule has 1 fully saturated rings. The van der Waals surface area contributed by atoms with Crippen LogP contribution in [0.4, 0.5) is 0 Å². The molecule has 10 nitrogen and oxygen atoms in total. The van der Waals surface area contributed by atoms with E-state index in [1.807, 2.05) is 12.1 Å². The van der Waals surface area contributed by atoms with Gasteiger partial charge < -0.3 is 9.47 Å². The number of rotatable bonds is 8. The summed E-state index contributed by atoms with van der Waals surface area (Å²) in [6.07, 6.45) is 1.19. The SMILES string of the molecule is COc1ccc(CN2CCN(Cc3nnnn3-c3ccc(S(C)(=O)=O)cc3)CC2)cc1OC. The fourth-order valence-electron chi connectivity index (χ4n) is 3.88. The molecule has 33 heavy (non-hydrogen) atoms. The Morgan fingerprint density at radius 1 is 0.879 bits per heavy atom. The quantitative estimate of drug-likeness (QED) is 0.481. The Kier molecular flexibility index (Phi) is 6.91. The number of ether oxygens (including phenoxy) is 2. The van der Waals surface area contributed by atoms with E-state index in [2.05, 4.69) is 31.4 Å². The molecule has 2 heterocycles. The summed E-state index contributed by atoms with van der Waals surface area (Å²) >= 11 is 0. The van der Waals surface area contributed by atoms with Crippen LogP contribution in [0.1, 0.15) is 11.4 Å². The van der Waals surface area contributed by atoms with E-state index in [4.69, 9.17) is 9.47 Å². The van der Waals surface area contributed by atoms with E-state index >= 15 is 0 Å². The van der Waals surface area contributed by atoms with Crippen molar-refractivity contribution in [3.63, 3.8) is 0 Å². The molecular weight excluding hydrogens is 444 g/mol. The number of piperazine rings is 1. The van der Waals surface area contributed by atoms with Gasteiger partial charge in [0.2, 0.25) is 0 Å². The minimum Gasteiger partial charge on any atom is -0.493 e. The van der Waals surface area contributed by atoms with Gasteiger partial charge in [0.25, 0.3) is 0 Å². The van der Waals surface area contributed by atoms with Gasteiger partial charge in [-0.25, -0.2) is 8.42 Å². The fraction of sp³-hybridized carbons (Fsp3) is 0.409. The number of tetrazole rings is 1. The largest absolute Gasteiger partial charge is 0.493 e. The van der Waals surface area contributed by atoms with Crippen LogP contribution in [0.5, 0.6) is 11.5 Å². The normalized spacial score (nSPS) is 15.5. The van der Waals surface area contributed by atoms with Crippen molar-refractivity contribution in [2.75, 3.05) is 46.7 Å². The van der Waals surface area contributed by atoms with Gasteiger partial charge >= 0.3 is 0 Å². The third-order valence-electron chi connectivity index (χ3n) is 5.73. The minimum absolute atomic E-state index is 0.270. The maximum Gasteiger partial charge on any atom is 0.175 e. The van der Waals surface area contributed by atoms with E-state index in [1.165, 1.54) is 11.8 Å². The molecule has 0 spiro atoms. The van der Waals surface area contributed by atoms with E-state index in [1.54, 1.807) is 43.2 Å². The van der Waals surface area contributed by atoms with Crippen molar-refractivity contribution in [3.8, 4) is 17.2 Å². The van der Waals surface area contributed by atoms with Crippen molar-refractivity contribution in [1.29, 1.82) is 0 Å². The summed E-state index contributed by atoms with van der Waals surface area (Å²) in [5.41, 5.74) is 1.91. The van der Waals surface area contributed by atoms with E-state index in [-0.39, 0.29) is 4.90 Å². The summed E-state index contributed by atoms with van der Waals surface area (Å²) in [6.45, 7) is 5.11. The molecule has 1 aliphatic heterocycles. The molecule has 176 valence electrons. The Balaban J connectivity index is 1.35. The Bertz CT molecular complexity index is 1190. The molecule has 0 atom stereocenters. The molecule has 0 N–H and O–H groups in total. The standard InChI is InChI=1S/C22H28N6O4S/c1-31-20-9-4-17(14-21(20)32-2)15-26-10-12-27(13-11-26)16-22-23-24-25-28(22)18-5-7-19(8-6-18)33(3,29)30/h4-9,14H,10-13,15-16H2,1-3H3. The Hall–Kier alpha value is -3.02. The highest BCUT2D eigenvalue weighted by Crippen LogP contribution is 2.28. The first-order chi connectivity index (χ1) is 15.9. The monoisotopic (exact) mass is 472 g/mol. The first kappa shape index (κ1) is 23.1. The van der Waals surface area contributed by atoms with Crippen molar-refractivity contribution in [2.45, 2.75) is 18.0 Å². The molecule has 0 saturated carbocycles. The van der Waals surface area contributed by atoms with E-state index < -0.39 is 9.84 Å². The summed E-state index contributed by atoms with van der Waals surface area (Å²) < 4.78 is 35.8. The predicted octanol–water partition coefficient (Wildman–Crippen LogP) is 1.40. The van der Waals surface area contributed by atoms with Crippen LogP contribution < -0.4 is 9.47 Å². The number of aromatic nitrogens is 4. The number of nitrogens with zero attached hydrogens (tertiary/aromatic N) is 6. The highest BCUT2D eigenvalue weighted by atomic mass is 32.2. The molecule has 0 aliphatic carbocycles. The van der Waals surface area contributed by atoms with Crippen LogP contribution in [-0.4, -0.2) is 85.1 Å². The fourth-order valence-corrected chi connectivity index (χ4v) is 4.51. The summed E-state index contributed by atoms with van der Waals surface area (Å²) in [5, 5.41) is 12.1. The van der Waals surface area contributed by atoms with Gasteiger partial charge in [-0.05, 0) is 52.4 Å². The molecule has 4 rings (SSSR count). The van der Waals surface area contributed by atoms with Gasteiger partial charge in [0.05, 0.1) is 31.3 Å². The average Bonchev–Trinajstić information content (AvgIpc) is 3.28. The first-order valence-corrected chi connectivity index (χ1v) is 12.5. The van der Waals surface area contributed by atoms with Crippen LogP contribution in [0.3, 0.4) is 0 Å². The lowest BCUT2D eigenvalue weighted by Gasteiger charge is -2.34. The molecular formula is C22H28N6O4S. The lowest BCUT2D eigenvalue weighted by atomic mass is 10.1. The third kappa shape index (κ3) is 5.49. The maximum absolute atomic E-state index is 11.7. The first-order valence-electron chi connectivity index (χ1n) is 10.6. The molecule has 0 radical (unpaired) electrons. The lowest BCUT2D eigenvalue weighted by molar-refractivity contribution is 0.119. The zero-order valence-corrected chi connectivity index (χ0v) is 19.8. The zero-order valence-electron chi connectivity index (χ0n) is 19.0. The third-order valence-corrected chi connectivity index (χ3v) is 6.86. The number of hydrogen-bond donors (Lipinski definition) is 0. The highest BCUT2D eigenvalue weighted by molar-refractivity contribution is 7.90. The summed E-state index contributed by atoms with van der Waals surface area (Å²) in [7, 11) is 0.0398. The van der Waals surface area contributed by atoms with E-state index in [0.717, 1.165) is 55.7 Å². The van der Waals surface area contributed by atoms with Gasteiger partial charge in [-0.3, -0.25) is 9.80 Å². The Labute approximate surface area is 193 Å². The summed E-state index contributed by atoms with van der Waals surface area (Å²) in [5.74, 6) is 2.19. The molecule has 1 saturated heterocycles. The predicted molar refractivity (Wildman–Crippen MR) is 122 cm³/mol. The molecule has 2 aromatic carbocycles. The van der Waals surface area contributed by atoms with Crippen LogP contribution in [0, 0.1) is 0 Å². The molecule has 3 aromatic rings. The van der Waals surface area contributed by atoms with Crippen molar-refractivity contribution in [3.05, 3.63) is 53.9 Å². The second kappa shape index (κ2) is 9.86. The van der Waals surface area contributed by atoms with Gasteiger partial charge in [-0.2, -0.15) is 4.68 Å². The lowest BCUT2D eigenvalue weighted by Crippen LogP contribution is -2.45. The van der Waals surface area contributed by atoms with Crippen molar-refractivity contribution in [1.82, 2.24) is 30.0 Å². The second-order valence-electron chi connectivity index (χ2n) is 8.01. The van der Waals surface area contributed by atoms with Crippen molar-refractivity contribution in [2.24, 2.45) is 0 Å². The van der Waals surface area contributed by atoms with Gasteiger partial charge in [0, 0.05) is 39.0 Å². The van der Waals surface area contributed by atoms with Gasteiger partial charge in [-0.15, -0.1) is 5.10 Å². The molecule has 0 bridgehead atoms. The second-order valence-corrected chi connectivity index (χ2v) is 10.0. The number of benzene rings is 2. The maximum atomic E-state index is 11.7. The zero-order chi connectivity index (χ0) is 23.4. The number of sulfone groups is 1. The number of hydrogen-bond acceptors (Lipinski definition) is 9. The average molecular weight is 473 g/mol. The molecule has 0 unspecified atom stereocenters. The van der Waals surface area contributed by atoms with Crippen LogP contribution >= 0.6 is 0 Å². The van der Waals surface area contributed by atoms with Crippen molar-refractivity contribution < 1.29 is 17.9 Å². The summed E-state index contributed by atoms with van der Waals surface area (Å²) in [6, 6.07) is 12.6. The van der Waals surface area contributed by atoms with Gasteiger partial charge in [-0.1, -0.05) is 6.07 Å². The molecule has 1 aliphatic rings.